The minimum atomic E-state index is -0.405. The summed E-state index contributed by atoms with van der Waals surface area (Å²) in [6.45, 7) is 0.576. The Bertz CT molecular complexity index is 1240. The first-order valence-electron chi connectivity index (χ1n) is 11.0. The van der Waals surface area contributed by atoms with Crippen molar-refractivity contribution < 1.29 is 33.7 Å². The zero-order valence-corrected chi connectivity index (χ0v) is 19.3. The van der Waals surface area contributed by atoms with Gasteiger partial charge in [-0.1, -0.05) is 60.7 Å². The molecule has 0 aliphatic carbocycles. The largest absolute Gasteiger partial charge is 0.463 e. The van der Waals surface area contributed by atoms with E-state index >= 15 is 0 Å². The lowest BCUT2D eigenvalue weighted by atomic mass is 10.2. The molecule has 4 aromatic rings. The van der Waals surface area contributed by atoms with Crippen molar-refractivity contribution in [2.24, 2.45) is 0 Å². The van der Waals surface area contributed by atoms with Crippen LogP contribution in [0.5, 0.6) is 11.5 Å². The van der Waals surface area contributed by atoms with Crippen molar-refractivity contribution in [3.8, 4) is 11.5 Å². The number of benzene rings is 4. The van der Waals surface area contributed by atoms with Crippen LogP contribution in [0.3, 0.4) is 0 Å². The van der Waals surface area contributed by atoms with E-state index in [0.29, 0.717) is 29.1 Å². The number of carbonyl (C=O) groups is 3. The van der Waals surface area contributed by atoms with Gasteiger partial charge in [-0.15, -0.1) is 0 Å². The van der Waals surface area contributed by atoms with Gasteiger partial charge >= 0.3 is 11.9 Å². The molecule has 36 heavy (non-hydrogen) atoms. The lowest BCUT2D eigenvalue weighted by molar-refractivity contribution is -0.129. The normalized spacial score (nSPS) is 9.81. The van der Waals surface area contributed by atoms with Crippen LogP contribution in [0, 0.1) is 0 Å². The van der Waals surface area contributed by atoms with E-state index in [1.807, 2.05) is 12.1 Å². The van der Waals surface area contributed by atoms with E-state index in [1.165, 1.54) is 0 Å². The highest BCUT2D eigenvalue weighted by Crippen LogP contribution is 2.15. The SMILES string of the molecule is O=C(Oc1ccc(CO)cc1)c1ccccc1.O=COCc1ccc(OC(=O)c2ccccc2)cc1. The number of hydrogen-bond donors (Lipinski definition) is 1. The van der Waals surface area contributed by atoms with Crippen molar-refractivity contribution in [1.29, 1.82) is 0 Å². The fourth-order valence-corrected chi connectivity index (χ4v) is 2.93. The molecule has 0 unspecified atom stereocenters. The monoisotopic (exact) mass is 484 g/mol. The maximum absolute atomic E-state index is 11.8. The van der Waals surface area contributed by atoms with E-state index < -0.39 is 5.97 Å². The highest BCUT2D eigenvalue weighted by atomic mass is 16.5. The summed E-state index contributed by atoms with van der Waals surface area (Å²) < 4.78 is 15.0. The zero-order chi connectivity index (χ0) is 25.6. The van der Waals surface area contributed by atoms with Crippen LogP contribution >= 0.6 is 0 Å². The second-order valence-corrected chi connectivity index (χ2v) is 7.36. The van der Waals surface area contributed by atoms with E-state index in [4.69, 9.17) is 14.6 Å². The molecule has 0 radical (unpaired) electrons. The minimum Gasteiger partial charge on any atom is -0.463 e. The summed E-state index contributed by atoms with van der Waals surface area (Å²) in [5.41, 5.74) is 2.62. The molecule has 1 N–H and O–H groups in total. The van der Waals surface area contributed by atoms with E-state index in [9.17, 15) is 14.4 Å². The molecule has 0 aromatic heterocycles. The van der Waals surface area contributed by atoms with Gasteiger partial charge in [0.2, 0.25) is 0 Å². The molecule has 0 saturated heterocycles. The Labute approximate surface area is 208 Å². The van der Waals surface area contributed by atoms with E-state index in [0.717, 1.165) is 11.1 Å². The molecule has 182 valence electrons. The molecule has 0 amide bonds. The Morgan fingerprint density at radius 1 is 0.611 bits per heavy atom. The lowest BCUT2D eigenvalue weighted by Gasteiger charge is -2.05. The smallest absolute Gasteiger partial charge is 0.343 e. The average molecular weight is 485 g/mol. The number of carbonyl (C=O) groups excluding carboxylic acids is 3. The van der Waals surface area contributed by atoms with Crippen LogP contribution in [-0.2, 0) is 22.7 Å². The zero-order valence-electron chi connectivity index (χ0n) is 19.3. The van der Waals surface area contributed by atoms with Crippen molar-refractivity contribution in [3.63, 3.8) is 0 Å². The van der Waals surface area contributed by atoms with E-state index in [-0.39, 0.29) is 19.2 Å². The molecule has 0 heterocycles. The summed E-state index contributed by atoms with van der Waals surface area (Å²) >= 11 is 0. The molecular weight excluding hydrogens is 460 g/mol. The lowest BCUT2D eigenvalue weighted by Crippen LogP contribution is -2.08. The second-order valence-electron chi connectivity index (χ2n) is 7.36. The van der Waals surface area contributed by atoms with Gasteiger partial charge in [-0.3, -0.25) is 4.79 Å². The number of aliphatic hydroxyl groups is 1. The molecule has 0 bridgehead atoms. The molecule has 4 aromatic carbocycles. The van der Waals surface area contributed by atoms with Crippen LogP contribution in [0.25, 0.3) is 0 Å². The molecule has 0 aliphatic rings. The second kappa shape index (κ2) is 13.8. The fraction of sp³-hybridized carbons (Fsp3) is 0.0690. The van der Waals surface area contributed by atoms with Gasteiger partial charge < -0.3 is 19.3 Å². The van der Waals surface area contributed by atoms with Gasteiger partial charge in [0.05, 0.1) is 17.7 Å². The molecule has 0 atom stereocenters. The third kappa shape index (κ3) is 8.23. The maximum Gasteiger partial charge on any atom is 0.343 e. The summed E-state index contributed by atoms with van der Waals surface area (Å²) in [7, 11) is 0. The van der Waals surface area contributed by atoms with Crippen molar-refractivity contribution in [1.82, 2.24) is 0 Å². The molecule has 0 saturated carbocycles. The Balaban J connectivity index is 0.000000202. The Kier molecular flexibility index (Phi) is 9.94. The predicted molar refractivity (Wildman–Crippen MR) is 132 cm³/mol. The number of ether oxygens (including phenoxy) is 3. The van der Waals surface area contributed by atoms with E-state index in [2.05, 4.69) is 4.74 Å². The Morgan fingerprint density at radius 2 is 1.03 bits per heavy atom. The van der Waals surface area contributed by atoms with Crippen LogP contribution in [0.4, 0.5) is 0 Å². The summed E-state index contributed by atoms with van der Waals surface area (Å²) in [6.07, 6.45) is 0. The highest BCUT2D eigenvalue weighted by molar-refractivity contribution is 5.91. The van der Waals surface area contributed by atoms with Gasteiger partial charge in [0.15, 0.2) is 0 Å². The standard InChI is InChI=1S/C15H12O4.C14H12O3/c16-11-18-10-12-6-8-14(9-7-12)19-15(17)13-4-2-1-3-5-13;15-10-11-6-8-13(9-7-11)17-14(16)12-4-2-1-3-5-12/h1-9,11H,10H2;1-9,15H,10H2. The van der Waals surface area contributed by atoms with Crippen molar-refractivity contribution in [3.05, 3.63) is 131 Å². The Hall–Kier alpha value is -4.75. The molecule has 0 spiro atoms. The summed E-state index contributed by atoms with van der Waals surface area (Å²) in [4.78, 5) is 33.5. The highest BCUT2D eigenvalue weighted by Gasteiger charge is 2.08. The molecule has 7 nitrogen and oxygen atoms in total. The van der Waals surface area contributed by atoms with Crippen LogP contribution in [0.1, 0.15) is 31.8 Å². The first kappa shape index (κ1) is 25.9. The van der Waals surface area contributed by atoms with Crippen LogP contribution in [0.15, 0.2) is 109 Å². The molecular formula is C29H24O7. The van der Waals surface area contributed by atoms with Crippen LogP contribution in [-0.4, -0.2) is 23.5 Å². The quantitative estimate of drug-likeness (QED) is 0.214. The Morgan fingerprint density at radius 3 is 1.42 bits per heavy atom. The molecule has 0 fully saturated rings. The van der Waals surface area contributed by atoms with Crippen molar-refractivity contribution in [2.45, 2.75) is 13.2 Å². The summed E-state index contributed by atoms with van der Waals surface area (Å²) in [5, 5.41) is 8.88. The van der Waals surface area contributed by atoms with Crippen LogP contribution < -0.4 is 9.47 Å². The van der Waals surface area contributed by atoms with Gasteiger partial charge in [0.25, 0.3) is 6.47 Å². The first-order chi connectivity index (χ1) is 17.6. The molecule has 4 rings (SSSR count). The van der Waals surface area contributed by atoms with Gasteiger partial charge in [-0.05, 0) is 59.7 Å². The number of esters is 2. The average Bonchev–Trinajstić information content (AvgIpc) is 2.94. The minimum absolute atomic E-state index is 0.0209. The molecule has 0 aliphatic heterocycles. The first-order valence-corrected chi connectivity index (χ1v) is 11.0. The number of hydrogen-bond acceptors (Lipinski definition) is 7. The fourth-order valence-electron chi connectivity index (χ4n) is 2.93. The van der Waals surface area contributed by atoms with Gasteiger partial charge in [-0.25, -0.2) is 9.59 Å². The summed E-state index contributed by atoms with van der Waals surface area (Å²) in [5.74, 6) is 0.125. The van der Waals surface area contributed by atoms with Gasteiger partial charge in [0, 0.05) is 0 Å². The van der Waals surface area contributed by atoms with Crippen molar-refractivity contribution >= 4 is 18.4 Å². The number of rotatable bonds is 8. The van der Waals surface area contributed by atoms with Gasteiger partial charge in [0.1, 0.15) is 18.1 Å². The maximum atomic E-state index is 11.8. The topological polar surface area (TPSA) is 99.1 Å². The molecule has 7 heteroatoms. The number of aliphatic hydroxyl groups excluding tert-OH is 1. The van der Waals surface area contributed by atoms with E-state index in [1.54, 1.807) is 97.1 Å². The third-order valence-electron chi connectivity index (χ3n) is 4.79. The predicted octanol–water partition coefficient (Wildman–Crippen LogP) is 4.98. The van der Waals surface area contributed by atoms with Crippen LogP contribution in [0.2, 0.25) is 0 Å². The summed E-state index contributed by atoms with van der Waals surface area (Å²) in [6, 6.07) is 31.1. The van der Waals surface area contributed by atoms with Gasteiger partial charge in [-0.2, -0.15) is 0 Å². The van der Waals surface area contributed by atoms with Crippen molar-refractivity contribution in [2.75, 3.05) is 0 Å². The third-order valence-corrected chi connectivity index (χ3v) is 4.79.